The predicted molar refractivity (Wildman–Crippen MR) is 77.4 cm³/mol. The largest absolute Gasteiger partial charge is 0.472 e. The highest BCUT2D eigenvalue weighted by atomic mass is 32.2. The zero-order valence-electron chi connectivity index (χ0n) is 11.8. The second-order valence-electron chi connectivity index (χ2n) is 4.58. The van der Waals surface area contributed by atoms with Gasteiger partial charge in [-0.25, -0.2) is 17.5 Å². The number of nitrogens with one attached hydrogen (secondary N) is 2. The molecule has 0 aliphatic rings. The molecule has 0 atom stereocenters. The van der Waals surface area contributed by atoms with Crippen LogP contribution in [0.2, 0.25) is 0 Å². The lowest BCUT2D eigenvalue weighted by Gasteiger charge is -2.09. The molecular formula is C14H15FN2O4S. The molecule has 0 unspecified atom stereocenters. The van der Waals surface area contributed by atoms with Gasteiger partial charge < -0.3 is 9.73 Å². The van der Waals surface area contributed by atoms with Crippen LogP contribution in [0.25, 0.3) is 0 Å². The first-order valence-electron chi connectivity index (χ1n) is 6.46. The van der Waals surface area contributed by atoms with Gasteiger partial charge in [0.05, 0.1) is 16.7 Å². The Morgan fingerprint density at radius 2 is 2.05 bits per heavy atom. The van der Waals surface area contributed by atoms with E-state index in [1.165, 1.54) is 31.6 Å². The molecule has 0 aliphatic heterocycles. The second kappa shape index (κ2) is 6.71. The third kappa shape index (κ3) is 3.92. The molecule has 1 heterocycles. The van der Waals surface area contributed by atoms with Gasteiger partial charge in [0, 0.05) is 13.1 Å². The van der Waals surface area contributed by atoms with Crippen LogP contribution >= 0.6 is 0 Å². The third-order valence-electron chi connectivity index (χ3n) is 2.91. The molecule has 22 heavy (non-hydrogen) atoms. The van der Waals surface area contributed by atoms with Gasteiger partial charge in [-0.2, -0.15) is 0 Å². The highest BCUT2D eigenvalue weighted by Crippen LogP contribution is 2.15. The van der Waals surface area contributed by atoms with E-state index < -0.39 is 15.8 Å². The number of halogens is 1. The molecule has 0 spiro atoms. The first-order valence-corrected chi connectivity index (χ1v) is 7.95. The minimum atomic E-state index is -3.75. The molecule has 2 N–H and O–H groups in total. The Labute approximate surface area is 127 Å². The molecule has 8 heteroatoms. The summed E-state index contributed by atoms with van der Waals surface area (Å²) in [5.74, 6) is -0.852. The number of aryl methyl sites for hydroxylation is 1. The van der Waals surface area contributed by atoms with Crippen molar-refractivity contribution in [1.82, 2.24) is 10.0 Å². The average molecular weight is 326 g/mol. The standard InChI is InChI=1S/C14H15FN2O4S/c1-10-8-12(15)2-3-13(10)22(19,20)17-6-5-16-14(18)11-4-7-21-9-11/h2-4,7-9,17H,5-6H2,1H3,(H,16,18). The van der Waals surface area contributed by atoms with Crippen molar-refractivity contribution in [1.29, 1.82) is 0 Å². The molecule has 1 amide bonds. The van der Waals surface area contributed by atoms with E-state index in [4.69, 9.17) is 4.42 Å². The van der Waals surface area contributed by atoms with E-state index in [0.717, 1.165) is 12.1 Å². The van der Waals surface area contributed by atoms with Crippen molar-refractivity contribution in [3.63, 3.8) is 0 Å². The minimum absolute atomic E-state index is 0.00932. The normalized spacial score (nSPS) is 11.4. The molecule has 2 rings (SSSR count). The molecule has 118 valence electrons. The molecule has 1 aromatic heterocycles. The van der Waals surface area contributed by atoms with Gasteiger partial charge in [0.1, 0.15) is 12.1 Å². The summed E-state index contributed by atoms with van der Waals surface area (Å²) in [6.07, 6.45) is 2.66. The van der Waals surface area contributed by atoms with Gasteiger partial charge in [-0.3, -0.25) is 4.79 Å². The third-order valence-corrected chi connectivity index (χ3v) is 4.53. The Morgan fingerprint density at radius 3 is 2.68 bits per heavy atom. The lowest BCUT2D eigenvalue weighted by molar-refractivity contribution is 0.0953. The van der Waals surface area contributed by atoms with Crippen molar-refractivity contribution < 1.29 is 22.0 Å². The Kier molecular flexibility index (Phi) is 4.94. The SMILES string of the molecule is Cc1cc(F)ccc1S(=O)(=O)NCCNC(=O)c1ccoc1. The minimum Gasteiger partial charge on any atom is -0.472 e. The number of carbonyl (C=O) groups excluding carboxylic acids is 1. The first-order chi connectivity index (χ1) is 10.4. The number of amides is 1. The van der Waals surface area contributed by atoms with E-state index in [1.54, 1.807) is 0 Å². The van der Waals surface area contributed by atoms with Crippen LogP contribution in [0.15, 0.2) is 46.1 Å². The highest BCUT2D eigenvalue weighted by Gasteiger charge is 2.16. The zero-order valence-corrected chi connectivity index (χ0v) is 12.6. The number of furan rings is 1. The molecule has 0 radical (unpaired) electrons. The lowest BCUT2D eigenvalue weighted by Crippen LogP contribution is -2.34. The van der Waals surface area contributed by atoms with Crippen LogP contribution in [-0.2, 0) is 10.0 Å². The smallest absolute Gasteiger partial charge is 0.254 e. The van der Waals surface area contributed by atoms with Crippen LogP contribution < -0.4 is 10.0 Å². The zero-order chi connectivity index (χ0) is 16.2. The van der Waals surface area contributed by atoms with Crippen molar-refractivity contribution in [2.75, 3.05) is 13.1 Å². The molecule has 0 saturated heterocycles. The van der Waals surface area contributed by atoms with E-state index >= 15 is 0 Å². The molecule has 6 nitrogen and oxygen atoms in total. The number of rotatable bonds is 6. The fourth-order valence-electron chi connectivity index (χ4n) is 1.85. The van der Waals surface area contributed by atoms with Crippen molar-refractivity contribution in [3.8, 4) is 0 Å². The number of hydrogen-bond donors (Lipinski definition) is 2. The van der Waals surface area contributed by atoms with Crippen molar-refractivity contribution in [3.05, 3.63) is 53.7 Å². The van der Waals surface area contributed by atoms with Crippen LogP contribution in [0, 0.1) is 12.7 Å². The quantitative estimate of drug-likeness (QED) is 0.786. The Balaban J connectivity index is 1.89. The second-order valence-corrected chi connectivity index (χ2v) is 6.31. The van der Waals surface area contributed by atoms with Gasteiger partial charge in [-0.05, 0) is 36.8 Å². The van der Waals surface area contributed by atoms with Crippen LogP contribution in [0.5, 0.6) is 0 Å². The Bertz CT molecular complexity index is 757. The maximum Gasteiger partial charge on any atom is 0.254 e. The van der Waals surface area contributed by atoms with Gasteiger partial charge in [-0.1, -0.05) is 0 Å². The lowest BCUT2D eigenvalue weighted by atomic mass is 10.2. The van der Waals surface area contributed by atoms with Crippen molar-refractivity contribution in [2.24, 2.45) is 0 Å². The van der Waals surface area contributed by atoms with Crippen LogP contribution in [0.3, 0.4) is 0 Å². The highest BCUT2D eigenvalue weighted by molar-refractivity contribution is 7.89. The topological polar surface area (TPSA) is 88.4 Å². The van der Waals surface area contributed by atoms with Crippen LogP contribution in [0.1, 0.15) is 15.9 Å². The van der Waals surface area contributed by atoms with Gasteiger partial charge in [0.15, 0.2) is 0 Å². The summed E-state index contributed by atoms with van der Waals surface area (Å²) in [5, 5.41) is 2.55. The maximum atomic E-state index is 13.0. The molecular weight excluding hydrogens is 311 g/mol. The monoisotopic (exact) mass is 326 g/mol. The summed E-state index contributed by atoms with van der Waals surface area (Å²) < 4.78 is 44.3. The van der Waals surface area contributed by atoms with Crippen LogP contribution in [0.4, 0.5) is 4.39 Å². The summed E-state index contributed by atoms with van der Waals surface area (Å²) in [7, 11) is -3.75. The van der Waals surface area contributed by atoms with Crippen LogP contribution in [-0.4, -0.2) is 27.4 Å². The van der Waals surface area contributed by atoms with E-state index in [1.807, 2.05) is 0 Å². The van der Waals surface area contributed by atoms with E-state index in [9.17, 15) is 17.6 Å². The molecule has 2 aromatic rings. The Hall–Kier alpha value is -2.19. The average Bonchev–Trinajstić information content (AvgIpc) is 2.97. The van der Waals surface area contributed by atoms with Gasteiger partial charge in [0.2, 0.25) is 10.0 Å². The molecule has 0 bridgehead atoms. The summed E-state index contributed by atoms with van der Waals surface area (Å²) in [5.41, 5.74) is 0.673. The van der Waals surface area contributed by atoms with E-state index in [2.05, 4.69) is 10.0 Å². The fourth-order valence-corrected chi connectivity index (χ4v) is 3.11. The Morgan fingerprint density at radius 1 is 1.27 bits per heavy atom. The number of benzene rings is 1. The number of sulfonamides is 1. The number of hydrogen-bond acceptors (Lipinski definition) is 4. The predicted octanol–water partition coefficient (Wildman–Crippen LogP) is 1.44. The molecule has 0 saturated carbocycles. The van der Waals surface area contributed by atoms with Gasteiger partial charge in [-0.15, -0.1) is 0 Å². The maximum absolute atomic E-state index is 13.0. The summed E-state index contributed by atoms with van der Waals surface area (Å²) >= 11 is 0. The summed E-state index contributed by atoms with van der Waals surface area (Å²) in [6.45, 7) is 1.64. The van der Waals surface area contributed by atoms with Gasteiger partial charge in [0.25, 0.3) is 5.91 Å². The number of carbonyl (C=O) groups is 1. The van der Waals surface area contributed by atoms with Crippen molar-refractivity contribution in [2.45, 2.75) is 11.8 Å². The molecule has 1 aromatic carbocycles. The van der Waals surface area contributed by atoms with Gasteiger partial charge >= 0.3 is 0 Å². The summed E-state index contributed by atoms with van der Waals surface area (Å²) in [4.78, 5) is 11.6. The summed E-state index contributed by atoms with van der Waals surface area (Å²) in [6, 6.07) is 4.94. The first kappa shape index (κ1) is 16.2. The van der Waals surface area contributed by atoms with E-state index in [-0.39, 0.29) is 23.9 Å². The fraction of sp³-hybridized carbons (Fsp3) is 0.214. The molecule has 0 fully saturated rings. The van der Waals surface area contributed by atoms with Crippen molar-refractivity contribution >= 4 is 15.9 Å². The molecule has 0 aliphatic carbocycles. The van der Waals surface area contributed by atoms with E-state index in [0.29, 0.717) is 11.1 Å².